The van der Waals surface area contributed by atoms with E-state index in [1.807, 2.05) is 35.8 Å². The van der Waals surface area contributed by atoms with E-state index in [1.165, 1.54) is 17.3 Å². The summed E-state index contributed by atoms with van der Waals surface area (Å²) in [5.74, 6) is 0.913. The molecule has 0 aliphatic carbocycles. The highest BCUT2D eigenvalue weighted by Gasteiger charge is 2.21. The Morgan fingerprint density at radius 2 is 2.14 bits per heavy atom. The molecule has 152 valence electrons. The van der Waals surface area contributed by atoms with Crippen molar-refractivity contribution in [3.05, 3.63) is 36.2 Å². The number of benzene rings is 1. The van der Waals surface area contributed by atoms with Gasteiger partial charge in [-0.1, -0.05) is 43.3 Å². The zero-order chi connectivity index (χ0) is 19.9. The molecular weight excluding hydrogens is 374 g/mol. The molecule has 1 N–H and O–H groups in total. The highest BCUT2D eigenvalue weighted by molar-refractivity contribution is 7.99. The van der Waals surface area contributed by atoms with E-state index in [0.29, 0.717) is 23.4 Å². The van der Waals surface area contributed by atoms with Crippen LogP contribution >= 0.6 is 11.8 Å². The highest BCUT2D eigenvalue weighted by atomic mass is 32.2. The van der Waals surface area contributed by atoms with Gasteiger partial charge in [0.1, 0.15) is 6.33 Å². The first-order valence-electron chi connectivity index (χ1n) is 9.72. The Morgan fingerprint density at radius 1 is 1.36 bits per heavy atom. The van der Waals surface area contributed by atoms with Crippen LogP contribution in [0.3, 0.4) is 0 Å². The molecular formula is C20H29N5O2S. The van der Waals surface area contributed by atoms with Crippen LogP contribution in [0.4, 0.5) is 0 Å². The fraction of sp³-hybridized carbons (Fsp3) is 0.550. The molecule has 1 fully saturated rings. The van der Waals surface area contributed by atoms with Crippen LogP contribution in [-0.2, 0) is 9.53 Å². The minimum Gasteiger partial charge on any atom is -0.374 e. The Bertz CT molecular complexity index is 762. The van der Waals surface area contributed by atoms with Crippen LogP contribution in [-0.4, -0.2) is 70.2 Å². The molecule has 1 aliphatic rings. The van der Waals surface area contributed by atoms with Crippen LogP contribution in [0.2, 0.25) is 0 Å². The predicted octanol–water partition coefficient (Wildman–Crippen LogP) is 2.14. The number of amides is 1. The van der Waals surface area contributed by atoms with Gasteiger partial charge in [0.15, 0.2) is 5.16 Å². The normalized spacial score (nSPS) is 17.8. The van der Waals surface area contributed by atoms with Crippen LogP contribution < -0.4 is 5.32 Å². The topological polar surface area (TPSA) is 72.3 Å². The smallest absolute Gasteiger partial charge is 0.230 e. The van der Waals surface area contributed by atoms with Crippen molar-refractivity contribution >= 4 is 17.7 Å². The maximum Gasteiger partial charge on any atom is 0.230 e. The maximum atomic E-state index is 12.3. The van der Waals surface area contributed by atoms with E-state index in [0.717, 1.165) is 31.9 Å². The Labute approximate surface area is 170 Å². The molecule has 0 radical (unpaired) electrons. The monoisotopic (exact) mass is 403 g/mol. The Kier molecular flexibility index (Phi) is 7.47. The van der Waals surface area contributed by atoms with Gasteiger partial charge in [-0.25, -0.2) is 0 Å². The summed E-state index contributed by atoms with van der Waals surface area (Å²) in [4.78, 5) is 14.7. The molecule has 1 atom stereocenters. The second-order valence-electron chi connectivity index (χ2n) is 7.56. The Balaban J connectivity index is 1.45. The van der Waals surface area contributed by atoms with Gasteiger partial charge in [0.05, 0.1) is 18.5 Å². The van der Waals surface area contributed by atoms with Crippen molar-refractivity contribution in [2.45, 2.75) is 32.0 Å². The third-order valence-electron chi connectivity index (χ3n) is 4.53. The fourth-order valence-electron chi connectivity index (χ4n) is 3.20. The summed E-state index contributed by atoms with van der Waals surface area (Å²) in [6.07, 6.45) is 1.72. The lowest BCUT2D eigenvalue weighted by molar-refractivity contribution is -0.119. The van der Waals surface area contributed by atoms with Crippen molar-refractivity contribution in [2.24, 2.45) is 5.92 Å². The second kappa shape index (κ2) is 10.0. The van der Waals surface area contributed by atoms with E-state index in [9.17, 15) is 4.79 Å². The average molecular weight is 404 g/mol. The number of nitrogens with one attached hydrogen (secondary N) is 1. The number of nitrogens with zero attached hydrogens (tertiary/aromatic N) is 4. The molecule has 1 unspecified atom stereocenters. The number of carbonyl (C=O) groups excluding carboxylic acids is 1. The van der Waals surface area contributed by atoms with Gasteiger partial charge in [-0.05, 0) is 25.0 Å². The van der Waals surface area contributed by atoms with Crippen molar-refractivity contribution < 1.29 is 9.53 Å². The van der Waals surface area contributed by atoms with Gasteiger partial charge in [0.2, 0.25) is 5.91 Å². The first kappa shape index (κ1) is 20.8. The minimum absolute atomic E-state index is 0.0203. The van der Waals surface area contributed by atoms with Crippen LogP contribution in [0, 0.1) is 12.8 Å². The van der Waals surface area contributed by atoms with Crippen molar-refractivity contribution in [3.8, 4) is 5.69 Å². The number of hydrogen-bond acceptors (Lipinski definition) is 6. The number of rotatable bonds is 8. The van der Waals surface area contributed by atoms with Crippen LogP contribution in [0.5, 0.6) is 0 Å². The number of carbonyl (C=O) groups is 1. The number of ether oxygens (including phenoxy) is 1. The first-order valence-corrected chi connectivity index (χ1v) is 10.7. The molecule has 3 rings (SSSR count). The molecule has 28 heavy (non-hydrogen) atoms. The summed E-state index contributed by atoms with van der Waals surface area (Å²) >= 11 is 1.38. The Morgan fingerprint density at radius 3 is 2.89 bits per heavy atom. The summed E-state index contributed by atoms with van der Waals surface area (Å²) in [5.41, 5.74) is 2.18. The molecule has 1 saturated heterocycles. The zero-order valence-corrected chi connectivity index (χ0v) is 17.6. The maximum absolute atomic E-state index is 12.3. The molecule has 7 nitrogen and oxygen atoms in total. The quantitative estimate of drug-likeness (QED) is 0.681. The third kappa shape index (κ3) is 6.05. The van der Waals surface area contributed by atoms with Gasteiger partial charge in [0.25, 0.3) is 0 Å². The van der Waals surface area contributed by atoms with E-state index in [-0.39, 0.29) is 12.0 Å². The summed E-state index contributed by atoms with van der Waals surface area (Å²) in [6.45, 7) is 10.7. The van der Waals surface area contributed by atoms with Gasteiger partial charge in [-0.2, -0.15) is 0 Å². The van der Waals surface area contributed by atoms with Gasteiger partial charge in [-0.3, -0.25) is 14.3 Å². The van der Waals surface area contributed by atoms with Crippen molar-refractivity contribution in [2.75, 3.05) is 38.5 Å². The van der Waals surface area contributed by atoms with Crippen molar-refractivity contribution in [1.82, 2.24) is 25.0 Å². The number of aryl methyl sites for hydroxylation is 1. The lowest BCUT2D eigenvalue weighted by Gasteiger charge is -2.33. The van der Waals surface area contributed by atoms with Gasteiger partial charge in [-0.15, -0.1) is 10.2 Å². The van der Waals surface area contributed by atoms with Crippen LogP contribution in [0.15, 0.2) is 35.7 Å². The minimum atomic E-state index is -0.0203. The van der Waals surface area contributed by atoms with Gasteiger partial charge in [0, 0.05) is 31.9 Å². The molecule has 1 aromatic carbocycles. The second-order valence-corrected chi connectivity index (χ2v) is 8.50. The van der Waals surface area contributed by atoms with E-state index in [4.69, 9.17) is 4.74 Å². The summed E-state index contributed by atoms with van der Waals surface area (Å²) in [5, 5.41) is 11.8. The number of hydrogen-bond donors (Lipinski definition) is 1. The van der Waals surface area contributed by atoms with Crippen LogP contribution in [0.25, 0.3) is 5.69 Å². The van der Waals surface area contributed by atoms with E-state index in [1.54, 1.807) is 6.33 Å². The summed E-state index contributed by atoms with van der Waals surface area (Å²) in [6, 6.07) is 8.13. The number of morpholine rings is 1. The fourth-order valence-corrected chi connectivity index (χ4v) is 3.96. The van der Waals surface area contributed by atoms with E-state index >= 15 is 0 Å². The van der Waals surface area contributed by atoms with Crippen molar-refractivity contribution in [1.29, 1.82) is 0 Å². The first-order chi connectivity index (χ1) is 13.5. The standard InChI is InChI=1S/C20H29N5O2S/c1-15(2)11-24-8-9-27-18(12-24)10-21-19(26)13-28-20-23-22-14-25(20)17-6-4-16(3)5-7-17/h4-7,14-15,18H,8-13H2,1-3H3,(H,21,26). The molecule has 1 aromatic heterocycles. The summed E-state index contributed by atoms with van der Waals surface area (Å²) < 4.78 is 7.68. The number of aromatic nitrogens is 3. The highest BCUT2D eigenvalue weighted by Crippen LogP contribution is 2.19. The predicted molar refractivity (Wildman–Crippen MR) is 111 cm³/mol. The SMILES string of the molecule is Cc1ccc(-n2cnnc2SCC(=O)NCC2CN(CC(C)C)CCO2)cc1. The molecule has 1 aliphatic heterocycles. The molecule has 0 bridgehead atoms. The molecule has 0 saturated carbocycles. The average Bonchev–Trinajstić information content (AvgIpc) is 3.14. The molecule has 2 aromatic rings. The van der Waals surface area contributed by atoms with Gasteiger partial charge >= 0.3 is 0 Å². The largest absolute Gasteiger partial charge is 0.374 e. The molecule has 8 heteroatoms. The molecule has 2 heterocycles. The molecule has 0 spiro atoms. The van der Waals surface area contributed by atoms with Crippen LogP contribution in [0.1, 0.15) is 19.4 Å². The lowest BCUT2D eigenvalue weighted by Crippen LogP contribution is -2.48. The van der Waals surface area contributed by atoms with Gasteiger partial charge < -0.3 is 10.1 Å². The molecule has 1 amide bonds. The zero-order valence-electron chi connectivity index (χ0n) is 16.8. The van der Waals surface area contributed by atoms with E-state index in [2.05, 4.69) is 34.3 Å². The summed E-state index contributed by atoms with van der Waals surface area (Å²) in [7, 11) is 0. The number of thioether (sulfide) groups is 1. The van der Waals surface area contributed by atoms with Crippen molar-refractivity contribution in [3.63, 3.8) is 0 Å². The van der Waals surface area contributed by atoms with E-state index < -0.39 is 0 Å². The lowest BCUT2D eigenvalue weighted by atomic mass is 10.2. The Hall–Kier alpha value is -1.90. The third-order valence-corrected chi connectivity index (χ3v) is 5.48.